The number of esters is 1. The van der Waals surface area contributed by atoms with Crippen LogP contribution in [0.4, 0.5) is 13.2 Å². The first-order valence-corrected chi connectivity index (χ1v) is 8.05. The van der Waals surface area contributed by atoms with Crippen LogP contribution in [0.5, 0.6) is 5.75 Å². The number of carbonyl (C=O) groups is 1. The van der Waals surface area contributed by atoms with Gasteiger partial charge >= 0.3 is 12.1 Å². The molecular weight excluding hydrogens is 363 g/mol. The van der Waals surface area contributed by atoms with E-state index >= 15 is 0 Å². The second kappa shape index (κ2) is 8.57. The van der Waals surface area contributed by atoms with Gasteiger partial charge in [-0.05, 0) is 49.7 Å². The van der Waals surface area contributed by atoms with Crippen molar-refractivity contribution < 1.29 is 32.6 Å². The number of carbonyl (C=O) groups excluding carboxylic acids is 1. The highest BCUT2D eigenvalue weighted by Crippen LogP contribution is 2.29. The van der Waals surface area contributed by atoms with Crippen molar-refractivity contribution in [3.8, 4) is 5.75 Å². The van der Waals surface area contributed by atoms with Gasteiger partial charge in [0.15, 0.2) is 0 Å². The Bertz CT molecular complexity index is 830. The minimum absolute atomic E-state index is 0.0394. The number of hydrogen-bond acceptors (Lipinski definition) is 5. The second-order valence-corrected chi connectivity index (χ2v) is 5.60. The summed E-state index contributed by atoms with van der Waals surface area (Å²) in [5.74, 6) is -0.707. The molecule has 144 valence electrons. The minimum atomic E-state index is -4.39. The molecule has 0 fully saturated rings. The predicted octanol–water partition coefficient (Wildman–Crippen LogP) is 4.53. The van der Waals surface area contributed by atoms with E-state index in [1.807, 2.05) is 0 Å². The Labute approximate surface area is 154 Å². The van der Waals surface area contributed by atoms with Crippen molar-refractivity contribution in [3.63, 3.8) is 0 Å². The molecule has 5 nitrogen and oxygen atoms in total. The Morgan fingerprint density at radius 3 is 2.37 bits per heavy atom. The molecule has 0 unspecified atom stereocenters. The van der Waals surface area contributed by atoms with E-state index in [1.165, 1.54) is 30.3 Å². The zero-order valence-electron chi connectivity index (χ0n) is 14.7. The topological polar surface area (TPSA) is 68.1 Å². The number of oxime groups is 1. The molecule has 0 bridgehead atoms. The van der Waals surface area contributed by atoms with Crippen molar-refractivity contribution >= 4 is 11.7 Å². The largest absolute Gasteiger partial charge is 0.508 e. The van der Waals surface area contributed by atoms with Gasteiger partial charge in [0.25, 0.3) is 0 Å². The Kier molecular flexibility index (Phi) is 6.44. The molecule has 0 aliphatic heterocycles. The van der Waals surface area contributed by atoms with Crippen LogP contribution < -0.4 is 0 Å². The van der Waals surface area contributed by atoms with Crippen LogP contribution in [0.25, 0.3) is 0 Å². The number of halogens is 3. The summed E-state index contributed by atoms with van der Waals surface area (Å²) >= 11 is 0. The normalized spacial score (nSPS) is 12.0. The van der Waals surface area contributed by atoms with Gasteiger partial charge in [0.05, 0.1) is 23.4 Å². The van der Waals surface area contributed by atoms with Crippen molar-refractivity contribution in [1.29, 1.82) is 0 Å². The van der Waals surface area contributed by atoms with E-state index in [4.69, 9.17) is 9.57 Å². The average molecular weight is 381 g/mol. The molecule has 0 aliphatic carbocycles. The van der Waals surface area contributed by atoms with Gasteiger partial charge in [-0.25, -0.2) is 4.79 Å². The van der Waals surface area contributed by atoms with Crippen LogP contribution in [-0.4, -0.2) is 23.4 Å². The van der Waals surface area contributed by atoms with Crippen LogP contribution in [0.15, 0.2) is 47.6 Å². The van der Waals surface area contributed by atoms with Gasteiger partial charge in [-0.2, -0.15) is 13.2 Å². The van der Waals surface area contributed by atoms with Gasteiger partial charge in [0.2, 0.25) is 0 Å². The van der Waals surface area contributed by atoms with Crippen molar-refractivity contribution in [2.24, 2.45) is 5.16 Å². The number of rotatable bonds is 6. The molecule has 27 heavy (non-hydrogen) atoms. The summed E-state index contributed by atoms with van der Waals surface area (Å²) in [4.78, 5) is 17.2. The number of alkyl halides is 3. The van der Waals surface area contributed by atoms with Crippen molar-refractivity contribution in [2.45, 2.75) is 26.6 Å². The lowest BCUT2D eigenvalue weighted by molar-refractivity contribution is -0.137. The molecule has 0 radical (unpaired) electrons. The number of hydrogen-bond donors (Lipinski definition) is 1. The molecule has 0 amide bonds. The summed E-state index contributed by atoms with van der Waals surface area (Å²) < 4.78 is 42.6. The summed E-state index contributed by atoms with van der Waals surface area (Å²) in [6.45, 7) is 3.40. The lowest BCUT2D eigenvalue weighted by Gasteiger charge is -2.10. The molecule has 0 aromatic heterocycles. The molecule has 2 aromatic carbocycles. The zero-order valence-corrected chi connectivity index (χ0v) is 14.7. The highest BCUT2D eigenvalue weighted by atomic mass is 19.4. The lowest BCUT2D eigenvalue weighted by Crippen LogP contribution is -2.11. The first kappa shape index (κ1) is 20.3. The van der Waals surface area contributed by atoms with E-state index in [9.17, 15) is 23.1 Å². The summed E-state index contributed by atoms with van der Waals surface area (Å²) in [6.07, 6.45) is -4.39. The molecule has 2 aromatic rings. The van der Waals surface area contributed by atoms with Crippen LogP contribution in [0.1, 0.15) is 40.9 Å². The maximum Gasteiger partial charge on any atom is 0.416 e. The zero-order chi connectivity index (χ0) is 20.0. The highest BCUT2D eigenvalue weighted by Gasteiger charge is 2.29. The monoisotopic (exact) mass is 381 g/mol. The molecule has 1 N–H and O–H groups in total. The lowest BCUT2D eigenvalue weighted by atomic mass is 10.0. The Balaban J connectivity index is 2.11. The van der Waals surface area contributed by atoms with E-state index < -0.39 is 17.7 Å². The van der Waals surface area contributed by atoms with E-state index in [1.54, 1.807) is 13.8 Å². The summed E-state index contributed by atoms with van der Waals surface area (Å²) in [5, 5.41) is 13.5. The molecule has 0 atom stereocenters. The first-order chi connectivity index (χ1) is 12.7. The fourth-order valence-electron chi connectivity index (χ4n) is 2.27. The van der Waals surface area contributed by atoms with Crippen LogP contribution >= 0.6 is 0 Å². The van der Waals surface area contributed by atoms with Crippen LogP contribution in [-0.2, 0) is 22.4 Å². The molecule has 0 saturated heterocycles. The molecule has 0 aliphatic rings. The standard InChI is InChI=1S/C19H18F3NO4/c1-3-26-18(25)17-10-15(24)8-9-16(17)12(2)23-27-11-13-4-6-14(7-5-13)19(20,21)22/h4-10,24H,3,11H2,1-2H3. The SMILES string of the molecule is CCOC(=O)c1cc(O)ccc1C(C)=NOCc1ccc(C(F)(F)F)cc1. The third-order valence-corrected chi connectivity index (χ3v) is 3.60. The third-order valence-electron chi connectivity index (χ3n) is 3.60. The number of phenols is 1. The summed E-state index contributed by atoms with van der Waals surface area (Å²) in [7, 11) is 0. The number of nitrogens with zero attached hydrogens (tertiary/aromatic N) is 1. The molecular formula is C19H18F3NO4. The maximum absolute atomic E-state index is 12.5. The second-order valence-electron chi connectivity index (χ2n) is 5.60. The van der Waals surface area contributed by atoms with E-state index in [-0.39, 0.29) is 24.5 Å². The molecule has 2 rings (SSSR count). The van der Waals surface area contributed by atoms with Gasteiger partial charge in [-0.15, -0.1) is 0 Å². The van der Waals surface area contributed by atoms with Gasteiger partial charge in [0.1, 0.15) is 12.4 Å². The third kappa shape index (κ3) is 5.47. The Hall–Kier alpha value is -3.03. The van der Waals surface area contributed by atoms with Crippen molar-refractivity contribution in [1.82, 2.24) is 0 Å². The van der Waals surface area contributed by atoms with Crippen molar-refractivity contribution in [2.75, 3.05) is 6.61 Å². The van der Waals surface area contributed by atoms with Crippen LogP contribution in [0.3, 0.4) is 0 Å². The van der Waals surface area contributed by atoms with E-state index in [0.29, 0.717) is 16.8 Å². The first-order valence-electron chi connectivity index (χ1n) is 8.05. The number of ether oxygens (including phenoxy) is 1. The quantitative estimate of drug-likeness (QED) is 0.454. The van der Waals surface area contributed by atoms with Crippen LogP contribution in [0.2, 0.25) is 0 Å². The fraction of sp³-hybridized carbons (Fsp3) is 0.263. The fourth-order valence-corrected chi connectivity index (χ4v) is 2.27. The number of phenolic OH excluding ortho intramolecular Hbond substituents is 1. The van der Waals surface area contributed by atoms with Gasteiger partial charge in [-0.1, -0.05) is 17.3 Å². The summed E-state index contributed by atoms with van der Waals surface area (Å²) in [6, 6.07) is 8.70. The maximum atomic E-state index is 12.5. The van der Waals surface area contributed by atoms with Crippen molar-refractivity contribution in [3.05, 3.63) is 64.7 Å². The molecule has 0 spiro atoms. The Morgan fingerprint density at radius 1 is 1.11 bits per heavy atom. The molecule has 8 heteroatoms. The summed E-state index contributed by atoms with van der Waals surface area (Å²) in [5.41, 5.74) is 0.671. The molecule has 0 heterocycles. The predicted molar refractivity (Wildman–Crippen MR) is 92.5 cm³/mol. The average Bonchev–Trinajstić information content (AvgIpc) is 2.61. The van der Waals surface area contributed by atoms with Crippen LogP contribution in [0, 0.1) is 0 Å². The number of aromatic hydroxyl groups is 1. The minimum Gasteiger partial charge on any atom is -0.508 e. The Morgan fingerprint density at radius 2 is 1.78 bits per heavy atom. The van der Waals surface area contributed by atoms with E-state index in [0.717, 1.165) is 12.1 Å². The van der Waals surface area contributed by atoms with Gasteiger partial charge in [-0.3, -0.25) is 0 Å². The highest BCUT2D eigenvalue weighted by molar-refractivity contribution is 6.07. The smallest absolute Gasteiger partial charge is 0.416 e. The van der Waals surface area contributed by atoms with Gasteiger partial charge in [0, 0.05) is 5.56 Å². The molecule has 0 saturated carbocycles. The van der Waals surface area contributed by atoms with Gasteiger partial charge < -0.3 is 14.7 Å². The van der Waals surface area contributed by atoms with E-state index in [2.05, 4.69) is 5.16 Å². The number of benzene rings is 2.